The summed E-state index contributed by atoms with van der Waals surface area (Å²) in [6.45, 7) is 7.59. The van der Waals surface area contributed by atoms with Crippen molar-refractivity contribution in [2.24, 2.45) is 0 Å². The van der Waals surface area contributed by atoms with E-state index < -0.39 is 0 Å². The maximum absolute atomic E-state index is 12.7. The smallest absolute Gasteiger partial charge is 0.322 e. The number of thioether (sulfide) groups is 1. The molecule has 1 aliphatic rings. The first-order valence-electron chi connectivity index (χ1n) is 8.34. The molecule has 0 heterocycles. The highest BCUT2D eigenvalue weighted by Gasteiger charge is 2.43. The summed E-state index contributed by atoms with van der Waals surface area (Å²) in [4.78, 5) is 16.1. The molecule has 130 valence electrons. The van der Waals surface area contributed by atoms with Gasteiger partial charge in [0.25, 0.3) is 0 Å². The number of carbonyl (C=O) groups is 1. The Hall–Kier alpha value is -0.710. The summed E-state index contributed by atoms with van der Waals surface area (Å²) >= 11 is 1.69. The predicted molar refractivity (Wildman–Crippen MR) is 99.5 cm³/mol. The third-order valence-electron chi connectivity index (χ3n) is 4.37. The van der Waals surface area contributed by atoms with Crippen LogP contribution in [0.5, 0.6) is 0 Å². The number of rotatable bonds is 8. The first kappa shape index (κ1) is 20.3. The molecule has 0 saturated heterocycles. The quantitative estimate of drug-likeness (QED) is 0.645. The average Bonchev–Trinajstić information content (AvgIpc) is 3.02. The molecular formula is C18H28ClNO2S. The molecule has 0 amide bonds. The van der Waals surface area contributed by atoms with Crippen LogP contribution >= 0.6 is 24.2 Å². The van der Waals surface area contributed by atoms with Crippen molar-refractivity contribution in [2.45, 2.75) is 49.2 Å². The van der Waals surface area contributed by atoms with Crippen molar-refractivity contribution in [2.75, 3.05) is 26.2 Å². The van der Waals surface area contributed by atoms with Gasteiger partial charge in [-0.3, -0.25) is 4.79 Å². The van der Waals surface area contributed by atoms with Gasteiger partial charge in [-0.05, 0) is 38.1 Å². The van der Waals surface area contributed by atoms with E-state index in [4.69, 9.17) is 4.74 Å². The number of nitrogens with zero attached hydrogens (tertiary/aromatic N) is 1. The molecule has 5 heteroatoms. The monoisotopic (exact) mass is 357 g/mol. The number of carbonyl (C=O) groups excluding carboxylic acids is 1. The second kappa shape index (κ2) is 10.2. The molecule has 0 aromatic heterocycles. The van der Waals surface area contributed by atoms with E-state index in [1.54, 1.807) is 11.8 Å². The van der Waals surface area contributed by atoms with Gasteiger partial charge in [-0.15, -0.1) is 24.2 Å². The molecule has 0 aliphatic heterocycles. The molecule has 3 nitrogen and oxygen atoms in total. The Kier molecular flexibility index (Phi) is 9.03. The van der Waals surface area contributed by atoms with E-state index in [-0.39, 0.29) is 23.1 Å². The zero-order chi connectivity index (χ0) is 15.8. The number of hydrogen-bond donors (Lipinski definition) is 0. The summed E-state index contributed by atoms with van der Waals surface area (Å²) in [5.41, 5.74) is 0. The lowest BCUT2D eigenvalue weighted by Crippen LogP contribution is -2.36. The molecule has 1 aromatic rings. The first-order valence-corrected chi connectivity index (χ1v) is 9.15. The highest BCUT2D eigenvalue weighted by atomic mass is 35.5. The van der Waals surface area contributed by atoms with Gasteiger partial charge in [-0.2, -0.15) is 0 Å². The van der Waals surface area contributed by atoms with Gasteiger partial charge in [0.05, 0.1) is 0 Å². The Morgan fingerprint density at radius 1 is 1.17 bits per heavy atom. The second-order valence-electron chi connectivity index (χ2n) is 5.78. The van der Waals surface area contributed by atoms with Crippen LogP contribution in [-0.2, 0) is 9.53 Å². The van der Waals surface area contributed by atoms with Crippen LogP contribution in [0.15, 0.2) is 35.2 Å². The third-order valence-corrected chi connectivity index (χ3v) is 5.85. The molecule has 0 radical (unpaired) electrons. The van der Waals surface area contributed by atoms with Gasteiger partial charge >= 0.3 is 5.97 Å². The molecule has 0 N–H and O–H groups in total. The molecule has 0 unspecified atom stereocenters. The van der Waals surface area contributed by atoms with E-state index in [0.29, 0.717) is 6.61 Å². The van der Waals surface area contributed by atoms with E-state index in [1.807, 2.05) is 18.2 Å². The lowest BCUT2D eigenvalue weighted by molar-refractivity contribution is -0.146. The SMILES string of the molecule is CCN(CC)CCOC(=O)C1(Sc2ccccc2)CCCC1.Cl. The van der Waals surface area contributed by atoms with Crippen LogP contribution < -0.4 is 0 Å². The van der Waals surface area contributed by atoms with Crippen LogP contribution in [0.25, 0.3) is 0 Å². The Balaban J connectivity index is 0.00000264. The van der Waals surface area contributed by atoms with Gasteiger partial charge in [0.2, 0.25) is 0 Å². The zero-order valence-corrected chi connectivity index (χ0v) is 15.8. The van der Waals surface area contributed by atoms with Crippen molar-refractivity contribution in [3.8, 4) is 0 Å². The number of likely N-dealkylation sites (N-methyl/N-ethyl adjacent to an activating group) is 1. The minimum atomic E-state index is -0.370. The van der Waals surface area contributed by atoms with E-state index >= 15 is 0 Å². The Morgan fingerprint density at radius 2 is 1.78 bits per heavy atom. The number of hydrogen-bond acceptors (Lipinski definition) is 4. The van der Waals surface area contributed by atoms with Gasteiger partial charge in [0.1, 0.15) is 11.4 Å². The standard InChI is InChI=1S/C18H27NO2S.ClH/c1-3-19(4-2)14-15-21-17(20)18(12-8-9-13-18)22-16-10-6-5-7-11-16;/h5-7,10-11H,3-4,8-9,12-15H2,1-2H3;1H. The zero-order valence-electron chi connectivity index (χ0n) is 14.1. The van der Waals surface area contributed by atoms with E-state index in [2.05, 4.69) is 30.9 Å². The minimum Gasteiger partial charge on any atom is -0.463 e. The molecule has 1 aromatic carbocycles. The van der Waals surface area contributed by atoms with E-state index in [1.165, 1.54) is 0 Å². The average molecular weight is 358 g/mol. The third kappa shape index (κ3) is 5.70. The highest BCUT2D eigenvalue weighted by molar-refractivity contribution is 8.01. The maximum Gasteiger partial charge on any atom is 0.322 e. The van der Waals surface area contributed by atoms with E-state index in [9.17, 15) is 4.79 Å². The van der Waals surface area contributed by atoms with Gasteiger partial charge in [0, 0.05) is 11.4 Å². The Morgan fingerprint density at radius 3 is 2.35 bits per heavy atom. The van der Waals surface area contributed by atoms with Crippen molar-refractivity contribution in [3.63, 3.8) is 0 Å². The molecule has 1 aliphatic carbocycles. The molecule has 0 atom stereocenters. The maximum atomic E-state index is 12.7. The number of ether oxygens (including phenoxy) is 1. The molecule has 0 bridgehead atoms. The van der Waals surface area contributed by atoms with Crippen LogP contribution in [-0.4, -0.2) is 41.9 Å². The van der Waals surface area contributed by atoms with Crippen LogP contribution in [0.2, 0.25) is 0 Å². The van der Waals surface area contributed by atoms with Crippen molar-refractivity contribution in [3.05, 3.63) is 30.3 Å². The van der Waals surface area contributed by atoms with Gasteiger partial charge in [0.15, 0.2) is 0 Å². The summed E-state index contributed by atoms with van der Waals surface area (Å²) in [5.74, 6) is -0.0222. The predicted octanol–water partition coefficient (Wildman–Crippen LogP) is 4.40. The van der Waals surface area contributed by atoms with Crippen molar-refractivity contribution in [1.82, 2.24) is 4.90 Å². The summed E-state index contributed by atoms with van der Waals surface area (Å²) in [6, 6.07) is 10.2. The second-order valence-corrected chi connectivity index (χ2v) is 7.24. The Bertz CT molecular complexity index is 459. The van der Waals surface area contributed by atoms with Crippen molar-refractivity contribution >= 4 is 30.1 Å². The fraction of sp³-hybridized carbons (Fsp3) is 0.611. The van der Waals surface area contributed by atoms with Crippen molar-refractivity contribution < 1.29 is 9.53 Å². The summed E-state index contributed by atoms with van der Waals surface area (Å²) < 4.78 is 5.26. The lowest BCUT2D eigenvalue weighted by atomic mass is 10.1. The molecule has 1 saturated carbocycles. The summed E-state index contributed by atoms with van der Waals surface area (Å²) in [7, 11) is 0. The van der Waals surface area contributed by atoms with Crippen LogP contribution in [0, 0.1) is 0 Å². The molecule has 1 fully saturated rings. The minimum absolute atomic E-state index is 0. The fourth-order valence-electron chi connectivity index (χ4n) is 2.95. The van der Waals surface area contributed by atoms with Gasteiger partial charge < -0.3 is 9.64 Å². The first-order chi connectivity index (χ1) is 10.7. The number of benzene rings is 1. The fourth-order valence-corrected chi connectivity index (χ4v) is 4.33. The number of esters is 1. The van der Waals surface area contributed by atoms with Crippen LogP contribution in [0.1, 0.15) is 39.5 Å². The normalized spacial score (nSPS) is 16.1. The summed E-state index contributed by atoms with van der Waals surface area (Å²) in [6.07, 6.45) is 4.09. The highest BCUT2D eigenvalue weighted by Crippen LogP contribution is 2.46. The lowest BCUT2D eigenvalue weighted by Gasteiger charge is -2.27. The van der Waals surface area contributed by atoms with E-state index in [0.717, 1.165) is 50.2 Å². The van der Waals surface area contributed by atoms with Gasteiger partial charge in [-0.25, -0.2) is 0 Å². The largest absolute Gasteiger partial charge is 0.463 e. The summed E-state index contributed by atoms with van der Waals surface area (Å²) in [5, 5.41) is 0. The number of halogens is 1. The van der Waals surface area contributed by atoms with Crippen molar-refractivity contribution in [1.29, 1.82) is 0 Å². The Labute approximate surface area is 150 Å². The molecule has 0 spiro atoms. The van der Waals surface area contributed by atoms with Gasteiger partial charge in [-0.1, -0.05) is 44.9 Å². The molecule has 2 rings (SSSR count). The molecule has 23 heavy (non-hydrogen) atoms. The topological polar surface area (TPSA) is 29.5 Å². The van der Waals surface area contributed by atoms with Crippen LogP contribution in [0.4, 0.5) is 0 Å². The molecular weight excluding hydrogens is 330 g/mol. The van der Waals surface area contributed by atoms with Crippen LogP contribution in [0.3, 0.4) is 0 Å².